The summed E-state index contributed by atoms with van der Waals surface area (Å²) in [5.41, 5.74) is 1.36. The molecule has 1 heterocycles. The van der Waals surface area contributed by atoms with E-state index in [9.17, 15) is 0 Å². The molecular formula is C12H18N2S. The average molecular weight is 222 g/mol. The van der Waals surface area contributed by atoms with Gasteiger partial charge < -0.3 is 10.2 Å². The van der Waals surface area contributed by atoms with Crippen LogP contribution in [0.4, 0.5) is 5.69 Å². The van der Waals surface area contributed by atoms with Crippen LogP contribution in [0.25, 0.3) is 0 Å². The van der Waals surface area contributed by atoms with E-state index in [4.69, 9.17) is 0 Å². The second-order valence-electron chi connectivity index (χ2n) is 3.95. The van der Waals surface area contributed by atoms with Crippen LogP contribution in [0.2, 0.25) is 0 Å². The molecule has 82 valence electrons. The molecular weight excluding hydrogens is 204 g/mol. The third kappa shape index (κ3) is 2.47. The Morgan fingerprint density at radius 1 is 1.47 bits per heavy atom. The summed E-state index contributed by atoms with van der Waals surface area (Å²) in [5, 5.41) is 3.42. The number of hydrogen-bond donors (Lipinski definition) is 1. The molecule has 0 aliphatic carbocycles. The summed E-state index contributed by atoms with van der Waals surface area (Å²) < 4.78 is 0. The molecule has 0 bridgehead atoms. The van der Waals surface area contributed by atoms with Gasteiger partial charge in [0, 0.05) is 36.3 Å². The summed E-state index contributed by atoms with van der Waals surface area (Å²) in [6.45, 7) is 5.56. The molecule has 1 atom stereocenters. The number of piperazine rings is 1. The summed E-state index contributed by atoms with van der Waals surface area (Å²) in [7, 11) is 0. The topological polar surface area (TPSA) is 15.3 Å². The molecule has 0 saturated carbocycles. The number of nitrogens with one attached hydrogen (secondary N) is 1. The molecule has 1 aliphatic heterocycles. The standard InChI is InChI=1S/C12H18N2S/c1-10-9-13-6-7-14(10)11-4-3-5-12(8-11)15-2/h3-5,8,10,13H,6-7,9H2,1-2H3. The third-order valence-electron chi connectivity index (χ3n) is 2.89. The minimum atomic E-state index is 0.593. The maximum atomic E-state index is 3.42. The molecule has 0 aromatic heterocycles. The summed E-state index contributed by atoms with van der Waals surface area (Å²) in [6, 6.07) is 9.40. The van der Waals surface area contributed by atoms with E-state index in [1.54, 1.807) is 11.8 Å². The molecule has 1 unspecified atom stereocenters. The zero-order valence-corrected chi connectivity index (χ0v) is 10.2. The molecule has 1 fully saturated rings. The quantitative estimate of drug-likeness (QED) is 0.772. The van der Waals surface area contributed by atoms with Crippen LogP contribution in [0.3, 0.4) is 0 Å². The normalized spacial score (nSPS) is 21.7. The Morgan fingerprint density at radius 2 is 2.33 bits per heavy atom. The highest BCUT2D eigenvalue weighted by Crippen LogP contribution is 2.24. The van der Waals surface area contributed by atoms with Crippen molar-refractivity contribution in [2.24, 2.45) is 0 Å². The fourth-order valence-corrected chi connectivity index (χ4v) is 2.47. The van der Waals surface area contributed by atoms with Gasteiger partial charge in [-0.1, -0.05) is 6.07 Å². The highest BCUT2D eigenvalue weighted by molar-refractivity contribution is 7.98. The number of anilines is 1. The first-order valence-electron chi connectivity index (χ1n) is 5.42. The van der Waals surface area contributed by atoms with Crippen molar-refractivity contribution in [3.63, 3.8) is 0 Å². The van der Waals surface area contributed by atoms with E-state index < -0.39 is 0 Å². The lowest BCUT2D eigenvalue weighted by molar-refractivity contribution is 0.500. The summed E-state index contributed by atoms with van der Waals surface area (Å²) in [5.74, 6) is 0. The Hall–Kier alpha value is -0.670. The molecule has 1 aromatic carbocycles. The Morgan fingerprint density at radius 3 is 3.07 bits per heavy atom. The van der Waals surface area contributed by atoms with Crippen molar-refractivity contribution >= 4 is 17.4 Å². The second kappa shape index (κ2) is 4.90. The van der Waals surface area contributed by atoms with Gasteiger partial charge in [-0.15, -0.1) is 11.8 Å². The highest BCUT2D eigenvalue weighted by Gasteiger charge is 2.17. The van der Waals surface area contributed by atoms with Crippen molar-refractivity contribution in [2.45, 2.75) is 17.9 Å². The Kier molecular flexibility index (Phi) is 3.54. The van der Waals surface area contributed by atoms with E-state index in [1.807, 2.05) is 0 Å². The molecule has 0 radical (unpaired) electrons. The van der Waals surface area contributed by atoms with Crippen LogP contribution in [-0.4, -0.2) is 31.9 Å². The first-order chi connectivity index (χ1) is 7.31. The SMILES string of the molecule is CSc1cccc(N2CCNCC2C)c1. The zero-order chi connectivity index (χ0) is 10.7. The van der Waals surface area contributed by atoms with Crippen LogP contribution in [-0.2, 0) is 0 Å². The van der Waals surface area contributed by atoms with E-state index in [2.05, 4.69) is 47.7 Å². The maximum Gasteiger partial charge on any atom is 0.0386 e. The van der Waals surface area contributed by atoms with Gasteiger partial charge in [0.1, 0.15) is 0 Å². The lowest BCUT2D eigenvalue weighted by Gasteiger charge is -2.36. The van der Waals surface area contributed by atoms with Crippen LogP contribution in [0.1, 0.15) is 6.92 Å². The maximum absolute atomic E-state index is 3.42. The van der Waals surface area contributed by atoms with Crippen molar-refractivity contribution in [1.82, 2.24) is 5.32 Å². The minimum absolute atomic E-state index is 0.593. The fourth-order valence-electron chi connectivity index (χ4n) is 2.01. The van der Waals surface area contributed by atoms with Crippen LogP contribution >= 0.6 is 11.8 Å². The summed E-state index contributed by atoms with van der Waals surface area (Å²) in [6.07, 6.45) is 2.13. The Balaban J connectivity index is 2.19. The average Bonchev–Trinajstić information content (AvgIpc) is 2.30. The molecule has 1 N–H and O–H groups in total. The van der Waals surface area contributed by atoms with Gasteiger partial charge in [-0.25, -0.2) is 0 Å². The predicted molar refractivity (Wildman–Crippen MR) is 67.9 cm³/mol. The molecule has 2 rings (SSSR count). The summed E-state index contributed by atoms with van der Waals surface area (Å²) in [4.78, 5) is 3.83. The lowest BCUT2D eigenvalue weighted by atomic mass is 10.2. The molecule has 1 aliphatic rings. The van der Waals surface area contributed by atoms with Gasteiger partial charge in [0.05, 0.1) is 0 Å². The molecule has 3 heteroatoms. The molecule has 1 aromatic rings. The molecule has 0 spiro atoms. The van der Waals surface area contributed by atoms with E-state index in [0.717, 1.165) is 19.6 Å². The molecule has 15 heavy (non-hydrogen) atoms. The van der Waals surface area contributed by atoms with Gasteiger partial charge in [-0.2, -0.15) is 0 Å². The molecule has 2 nitrogen and oxygen atoms in total. The first-order valence-corrected chi connectivity index (χ1v) is 6.65. The van der Waals surface area contributed by atoms with Gasteiger partial charge in [-0.05, 0) is 31.4 Å². The van der Waals surface area contributed by atoms with Crippen molar-refractivity contribution in [2.75, 3.05) is 30.8 Å². The second-order valence-corrected chi connectivity index (χ2v) is 4.83. The minimum Gasteiger partial charge on any atom is -0.366 e. The van der Waals surface area contributed by atoms with Gasteiger partial charge in [-0.3, -0.25) is 0 Å². The van der Waals surface area contributed by atoms with Crippen LogP contribution in [0.5, 0.6) is 0 Å². The number of rotatable bonds is 2. The van der Waals surface area contributed by atoms with Crippen LogP contribution < -0.4 is 10.2 Å². The number of benzene rings is 1. The Labute approximate surface area is 96.0 Å². The summed E-state index contributed by atoms with van der Waals surface area (Å²) >= 11 is 1.81. The number of nitrogens with zero attached hydrogens (tertiary/aromatic N) is 1. The number of hydrogen-bond acceptors (Lipinski definition) is 3. The number of thioether (sulfide) groups is 1. The van der Waals surface area contributed by atoms with Crippen LogP contribution in [0, 0.1) is 0 Å². The largest absolute Gasteiger partial charge is 0.366 e. The first kappa shape index (κ1) is 10.8. The fraction of sp³-hybridized carbons (Fsp3) is 0.500. The van der Waals surface area contributed by atoms with Gasteiger partial charge >= 0.3 is 0 Å². The Bertz CT molecular complexity index is 327. The lowest BCUT2D eigenvalue weighted by Crippen LogP contribution is -2.49. The zero-order valence-electron chi connectivity index (χ0n) is 9.36. The van der Waals surface area contributed by atoms with E-state index in [-0.39, 0.29) is 0 Å². The van der Waals surface area contributed by atoms with Crippen molar-refractivity contribution in [3.05, 3.63) is 24.3 Å². The highest BCUT2D eigenvalue weighted by atomic mass is 32.2. The smallest absolute Gasteiger partial charge is 0.0386 e. The van der Waals surface area contributed by atoms with Crippen molar-refractivity contribution < 1.29 is 0 Å². The molecule has 0 amide bonds. The van der Waals surface area contributed by atoms with Crippen LogP contribution in [0.15, 0.2) is 29.2 Å². The van der Waals surface area contributed by atoms with Gasteiger partial charge in [0.2, 0.25) is 0 Å². The molecule has 1 saturated heterocycles. The van der Waals surface area contributed by atoms with Gasteiger partial charge in [0.15, 0.2) is 0 Å². The van der Waals surface area contributed by atoms with Gasteiger partial charge in [0.25, 0.3) is 0 Å². The third-order valence-corrected chi connectivity index (χ3v) is 3.61. The van der Waals surface area contributed by atoms with Crippen molar-refractivity contribution in [3.8, 4) is 0 Å². The predicted octanol–water partition coefficient (Wildman–Crippen LogP) is 2.21. The van der Waals surface area contributed by atoms with E-state index >= 15 is 0 Å². The van der Waals surface area contributed by atoms with Crippen molar-refractivity contribution in [1.29, 1.82) is 0 Å². The monoisotopic (exact) mass is 222 g/mol. The van der Waals surface area contributed by atoms with E-state index in [1.165, 1.54) is 10.6 Å². The van der Waals surface area contributed by atoms with E-state index in [0.29, 0.717) is 6.04 Å².